The SMILES string of the molecule is COCCOc1ccc(CNC(=O)c2ccc(-c3cc(NC4C(=O)C(=O)C4O)cc(-c4nn[nH]n4)c3)cc2)cc1. The molecule has 0 spiro atoms. The van der Waals surface area contributed by atoms with Crippen LogP contribution in [0.5, 0.6) is 5.75 Å². The summed E-state index contributed by atoms with van der Waals surface area (Å²) in [6.45, 7) is 1.33. The summed E-state index contributed by atoms with van der Waals surface area (Å²) in [6.07, 6.45) is -1.39. The first-order valence-corrected chi connectivity index (χ1v) is 12.4. The quantitative estimate of drug-likeness (QED) is 0.162. The van der Waals surface area contributed by atoms with E-state index in [0.29, 0.717) is 42.4 Å². The van der Waals surface area contributed by atoms with Crippen molar-refractivity contribution < 1.29 is 29.0 Å². The second-order valence-electron chi connectivity index (χ2n) is 9.08. The van der Waals surface area contributed by atoms with E-state index in [4.69, 9.17) is 9.47 Å². The molecule has 0 bridgehead atoms. The number of rotatable bonds is 11. The van der Waals surface area contributed by atoms with Crippen molar-refractivity contribution in [3.8, 4) is 28.3 Å². The lowest BCUT2D eigenvalue weighted by Crippen LogP contribution is -2.61. The molecule has 1 saturated carbocycles. The molecule has 1 amide bonds. The second-order valence-corrected chi connectivity index (χ2v) is 9.08. The number of ether oxygens (including phenoxy) is 2. The molecule has 1 heterocycles. The lowest BCUT2D eigenvalue weighted by Gasteiger charge is -2.30. The van der Waals surface area contributed by atoms with E-state index in [1.807, 2.05) is 30.3 Å². The van der Waals surface area contributed by atoms with Gasteiger partial charge in [0.15, 0.2) is 0 Å². The van der Waals surface area contributed by atoms with Gasteiger partial charge in [-0.25, -0.2) is 0 Å². The summed E-state index contributed by atoms with van der Waals surface area (Å²) in [5.41, 5.74) is 4.01. The first-order valence-electron chi connectivity index (χ1n) is 12.4. The predicted molar refractivity (Wildman–Crippen MR) is 143 cm³/mol. The van der Waals surface area contributed by atoms with Gasteiger partial charge in [0.05, 0.1) is 6.61 Å². The molecular weight excluding hydrogens is 516 g/mol. The van der Waals surface area contributed by atoms with E-state index in [1.165, 1.54) is 0 Å². The van der Waals surface area contributed by atoms with Crippen LogP contribution < -0.4 is 15.4 Å². The van der Waals surface area contributed by atoms with Gasteiger partial charge in [0.1, 0.15) is 24.5 Å². The molecule has 3 aromatic carbocycles. The van der Waals surface area contributed by atoms with E-state index in [1.54, 1.807) is 43.5 Å². The minimum absolute atomic E-state index is 0.225. The third-order valence-electron chi connectivity index (χ3n) is 6.38. The van der Waals surface area contributed by atoms with Crippen LogP contribution in [0.4, 0.5) is 5.69 Å². The molecule has 12 nitrogen and oxygen atoms in total. The molecule has 4 N–H and O–H groups in total. The molecule has 204 valence electrons. The van der Waals surface area contributed by atoms with Gasteiger partial charge in [0, 0.05) is 30.5 Å². The van der Waals surface area contributed by atoms with Gasteiger partial charge in [-0.3, -0.25) is 14.4 Å². The molecule has 2 atom stereocenters. The predicted octanol–water partition coefficient (Wildman–Crippen LogP) is 1.78. The molecule has 1 aliphatic carbocycles. The number of aromatic amines is 1. The first-order chi connectivity index (χ1) is 19.4. The number of H-pyrrole nitrogens is 1. The Balaban J connectivity index is 1.27. The van der Waals surface area contributed by atoms with E-state index in [0.717, 1.165) is 22.4 Å². The minimum Gasteiger partial charge on any atom is -0.491 e. The van der Waals surface area contributed by atoms with Crippen LogP contribution in [0.15, 0.2) is 66.7 Å². The molecule has 1 aromatic heterocycles. The number of Topliss-reactive ketones (excluding diaryl/α,β-unsaturated/α-hetero) is 2. The van der Waals surface area contributed by atoms with Crippen LogP contribution in [-0.4, -0.2) is 75.7 Å². The lowest BCUT2D eigenvalue weighted by molar-refractivity contribution is -0.152. The monoisotopic (exact) mass is 542 g/mol. The number of anilines is 1. The molecule has 2 unspecified atom stereocenters. The van der Waals surface area contributed by atoms with Gasteiger partial charge < -0.3 is 25.2 Å². The van der Waals surface area contributed by atoms with Crippen molar-refractivity contribution in [2.24, 2.45) is 0 Å². The maximum absolute atomic E-state index is 12.7. The zero-order valence-electron chi connectivity index (χ0n) is 21.5. The highest BCUT2D eigenvalue weighted by Gasteiger charge is 2.48. The van der Waals surface area contributed by atoms with Gasteiger partial charge in [0.25, 0.3) is 5.91 Å². The van der Waals surface area contributed by atoms with Gasteiger partial charge >= 0.3 is 0 Å². The van der Waals surface area contributed by atoms with Crippen molar-refractivity contribution >= 4 is 23.2 Å². The van der Waals surface area contributed by atoms with Crippen LogP contribution >= 0.6 is 0 Å². The maximum Gasteiger partial charge on any atom is 0.251 e. The number of methoxy groups -OCH3 is 1. The highest BCUT2D eigenvalue weighted by Crippen LogP contribution is 2.30. The zero-order valence-corrected chi connectivity index (χ0v) is 21.5. The van der Waals surface area contributed by atoms with Crippen LogP contribution in [0.2, 0.25) is 0 Å². The Kier molecular flexibility index (Phi) is 7.89. The number of carbonyl (C=O) groups is 3. The van der Waals surface area contributed by atoms with Crippen LogP contribution in [0.25, 0.3) is 22.5 Å². The highest BCUT2D eigenvalue weighted by molar-refractivity contribution is 6.49. The summed E-state index contributed by atoms with van der Waals surface area (Å²) >= 11 is 0. The van der Waals surface area contributed by atoms with Crippen molar-refractivity contribution in [2.75, 3.05) is 25.6 Å². The summed E-state index contributed by atoms with van der Waals surface area (Å²) in [6, 6.07) is 18.8. The number of aliphatic hydroxyl groups is 1. The van der Waals surface area contributed by atoms with Gasteiger partial charge in [0.2, 0.25) is 17.4 Å². The standard InChI is InChI=1S/C28H26N6O6/c1-39-10-11-40-22-8-2-16(3-9-22)15-29-28(38)18-6-4-17(5-7-18)19-12-20(27-31-33-34-32-27)14-21(13-19)30-23-24(35)26(37)25(23)36/h2-9,12-14,23-24,30,35H,10-11,15H2,1H3,(H,29,38)(H,31,32,33,34). The Bertz CT molecular complexity index is 1510. The number of aromatic nitrogens is 4. The number of tetrazole rings is 1. The van der Waals surface area contributed by atoms with E-state index in [2.05, 4.69) is 31.3 Å². The number of ketones is 2. The number of nitrogens with zero attached hydrogens (tertiary/aromatic N) is 3. The third kappa shape index (κ3) is 5.87. The van der Waals surface area contributed by atoms with Crippen molar-refractivity contribution in [1.82, 2.24) is 25.9 Å². The number of carbonyl (C=O) groups excluding carboxylic acids is 3. The van der Waals surface area contributed by atoms with Crippen molar-refractivity contribution in [1.29, 1.82) is 0 Å². The number of aliphatic hydroxyl groups excluding tert-OH is 1. The van der Waals surface area contributed by atoms with Crippen molar-refractivity contribution in [3.63, 3.8) is 0 Å². The van der Waals surface area contributed by atoms with E-state index in [-0.39, 0.29) is 5.91 Å². The lowest BCUT2D eigenvalue weighted by atomic mass is 9.85. The smallest absolute Gasteiger partial charge is 0.251 e. The van der Waals surface area contributed by atoms with Gasteiger partial charge in [-0.2, -0.15) is 5.21 Å². The van der Waals surface area contributed by atoms with Gasteiger partial charge in [-0.15, -0.1) is 10.2 Å². The van der Waals surface area contributed by atoms with Crippen LogP contribution in [0, 0.1) is 0 Å². The topological polar surface area (TPSA) is 168 Å². The highest BCUT2D eigenvalue weighted by atomic mass is 16.5. The largest absolute Gasteiger partial charge is 0.491 e. The molecule has 12 heteroatoms. The number of nitrogens with one attached hydrogen (secondary N) is 3. The normalized spacial score (nSPS) is 16.4. The van der Waals surface area contributed by atoms with Crippen LogP contribution in [0.1, 0.15) is 15.9 Å². The average Bonchev–Trinajstić information content (AvgIpc) is 3.54. The fraction of sp³-hybridized carbons (Fsp3) is 0.214. The number of hydrogen-bond donors (Lipinski definition) is 4. The fourth-order valence-corrected chi connectivity index (χ4v) is 4.16. The third-order valence-corrected chi connectivity index (χ3v) is 6.38. The van der Waals surface area contributed by atoms with Gasteiger partial charge in [-0.05, 0) is 64.4 Å². The molecule has 0 aliphatic heterocycles. The van der Waals surface area contributed by atoms with Crippen molar-refractivity contribution in [2.45, 2.75) is 18.7 Å². The molecule has 1 aliphatic rings. The Morgan fingerprint density at radius 1 is 0.950 bits per heavy atom. The number of benzene rings is 3. The molecule has 0 radical (unpaired) electrons. The molecule has 40 heavy (non-hydrogen) atoms. The molecular formula is C28H26N6O6. The summed E-state index contributed by atoms with van der Waals surface area (Å²) in [7, 11) is 1.62. The zero-order chi connectivity index (χ0) is 28.1. The van der Waals surface area contributed by atoms with Gasteiger partial charge in [-0.1, -0.05) is 24.3 Å². The summed E-state index contributed by atoms with van der Waals surface area (Å²) in [5, 5.41) is 29.7. The van der Waals surface area contributed by atoms with E-state index < -0.39 is 23.7 Å². The fourth-order valence-electron chi connectivity index (χ4n) is 4.16. The Hall–Kier alpha value is -4.94. The number of hydrogen-bond acceptors (Lipinski definition) is 10. The summed E-state index contributed by atoms with van der Waals surface area (Å²) < 4.78 is 10.5. The molecule has 1 fully saturated rings. The van der Waals surface area contributed by atoms with E-state index >= 15 is 0 Å². The Morgan fingerprint density at radius 3 is 2.38 bits per heavy atom. The number of amides is 1. The first kappa shape index (κ1) is 26.7. The molecule has 4 aromatic rings. The summed E-state index contributed by atoms with van der Waals surface area (Å²) in [5.74, 6) is -0.664. The summed E-state index contributed by atoms with van der Waals surface area (Å²) in [4.78, 5) is 36.1. The van der Waals surface area contributed by atoms with Crippen LogP contribution in [-0.2, 0) is 20.9 Å². The molecule has 5 rings (SSSR count). The maximum atomic E-state index is 12.7. The molecule has 0 saturated heterocycles. The average molecular weight is 543 g/mol. The Labute approximate surface area is 228 Å². The Morgan fingerprint density at radius 2 is 1.70 bits per heavy atom. The minimum atomic E-state index is -1.39. The second kappa shape index (κ2) is 11.8. The van der Waals surface area contributed by atoms with Crippen molar-refractivity contribution in [3.05, 3.63) is 77.9 Å². The van der Waals surface area contributed by atoms with E-state index in [9.17, 15) is 19.5 Å². The van der Waals surface area contributed by atoms with Crippen LogP contribution in [0.3, 0.4) is 0 Å².